The Bertz CT molecular complexity index is 1080. The Morgan fingerprint density at radius 3 is 2.63 bits per heavy atom. The smallest absolute Gasteiger partial charge is 0.254 e. The molecule has 5 heteroatoms. The molecule has 1 atom stereocenters. The summed E-state index contributed by atoms with van der Waals surface area (Å²) in [6.07, 6.45) is 3.66. The Morgan fingerprint density at radius 1 is 1.15 bits per heavy atom. The highest BCUT2D eigenvalue weighted by molar-refractivity contribution is 5.95. The van der Waals surface area contributed by atoms with E-state index in [9.17, 15) is 4.79 Å². The van der Waals surface area contributed by atoms with Crippen molar-refractivity contribution >= 4 is 16.8 Å². The number of H-pyrrole nitrogens is 1. The molecule has 2 aromatic carbocycles. The number of aromatic nitrogens is 3. The summed E-state index contributed by atoms with van der Waals surface area (Å²) in [5, 5.41) is 8.44. The molecule has 0 saturated carbocycles. The summed E-state index contributed by atoms with van der Waals surface area (Å²) in [7, 11) is 1.84. The van der Waals surface area contributed by atoms with Crippen molar-refractivity contribution in [2.45, 2.75) is 12.8 Å². The molecule has 0 aliphatic rings. The molecular weight excluding hydrogens is 336 g/mol. The van der Waals surface area contributed by atoms with Crippen molar-refractivity contribution in [2.75, 3.05) is 6.54 Å². The van der Waals surface area contributed by atoms with Gasteiger partial charge in [-0.25, -0.2) is 0 Å². The minimum Gasteiger partial charge on any atom is -0.361 e. The number of hydrogen-bond donors (Lipinski definition) is 2. The van der Waals surface area contributed by atoms with Crippen LogP contribution in [0.4, 0.5) is 0 Å². The van der Waals surface area contributed by atoms with Gasteiger partial charge in [0.25, 0.3) is 5.91 Å². The lowest BCUT2D eigenvalue weighted by Crippen LogP contribution is -2.29. The van der Waals surface area contributed by atoms with Crippen molar-refractivity contribution in [3.05, 3.63) is 89.4 Å². The highest BCUT2D eigenvalue weighted by Crippen LogP contribution is 2.30. The van der Waals surface area contributed by atoms with Crippen LogP contribution in [0.15, 0.2) is 67.0 Å². The number of carbonyl (C=O) groups excluding carboxylic acids is 1. The average Bonchev–Trinajstić information content (AvgIpc) is 3.27. The van der Waals surface area contributed by atoms with Gasteiger partial charge in [-0.3, -0.25) is 9.48 Å². The second-order valence-corrected chi connectivity index (χ2v) is 6.73. The summed E-state index contributed by atoms with van der Waals surface area (Å²) >= 11 is 0. The maximum absolute atomic E-state index is 12.7. The molecule has 0 spiro atoms. The van der Waals surface area contributed by atoms with Gasteiger partial charge in [-0.1, -0.05) is 48.5 Å². The van der Waals surface area contributed by atoms with Crippen LogP contribution in [0, 0.1) is 6.92 Å². The molecule has 2 aromatic heterocycles. The monoisotopic (exact) mass is 358 g/mol. The number of aryl methyl sites for hydroxylation is 1. The lowest BCUT2D eigenvalue weighted by molar-refractivity contribution is 0.0951. The van der Waals surface area contributed by atoms with E-state index in [1.54, 1.807) is 10.9 Å². The lowest BCUT2D eigenvalue weighted by Gasteiger charge is -2.18. The summed E-state index contributed by atoms with van der Waals surface area (Å²) in [4.78, 5) is 16.0. The number of nitrogens with one attached hydrogen (secondary N) is 2. The first-order valence-electron chi connectivity index (χ1n) is 9.03. The Hall–Kier alpha value is -3.34. The molecule has 1 amide bonds. The van der Waals surface area contributed by atoms with Crippen LogP contribution in [0.1, 0.15) is 33.1 Å². The third-order valence-electron chi connectivity index (χ3n) is 5.15. The Labute approximate surface area is 158 Å². The number of fused-ring (bicyclic) bond motifs is 1. The first-order chi connectivity index (χ1) is 13.1. The Balaban J connectivity index is 1.65. The molecule has 0 unspecified atom stereocenters. The largest absolute Gasteiger partial charge is 0.361 e. The van der Waals surface area contributed by atoms with Gasteiger partial charge >= 0.3 is 0 Å². The number of para-hydroxylation sites is 1. The van der Waals surface area contributed by atoms with Crippen molar-refractivity contribution in [3.8, 4) is 0 Å². The number of nitrogens with zero attached hydrogens (tertiary/aromatic N) is 2. The van der Waals surface area contributed by atoms with Crippen LogP contribution in [0.2, 0.25) is 0 Å². The first kappa shape index (κ1) is 17.1. The summed E-state index contributed by atoms with van der Waals surface area (Å²) in [6, 6.07) is 18.5. The number of carbonyl (C=O) groups is 1. The number of rotatable bonds is 5. The van der Waals surface area contributed by atoms with E-state index in [1.165, 1.54) is 16.5 Å². The summed E-state index contributed by atoms with van der Waals surface area (Å²) in [6.45, 7) is 2.41. The number of aromatic amines is 1. The quantitative estimate of drug-likeness (QED) is 0.570. The second-order valence-electron chi connectivity index (χ2n) is 6.73. The van der Waals surface area contributed by atoms with Crippen molar-refractivity contribution in [3.63, 3.8) is 0 Å². The van der Waals surface area contributed by atoms with E-state index in [0.29, 0.717) is 12.1 Å². The lowest BCUT2D eigenvalue weighted by atomic mass is 9.91. The second kappa shape index (κ2) is 7.11. The predicted molar refractivity (Wildman–Crippen MR) is 107 cm³/mol. The van der Waals surface area contributed by atoms with Crippen LogP contribution >= 0.6 is 0 Å². The topological polar surface area (TPSA) is 62.7 Å². The Kier molecular flexibility index (Phi) is 4.50. The Morgan fingerprint density at radius 2 is 1.89 bits per heavy atom. The number of hydrogen-bond acceptors (Lipinski definition) is 2. The van der Waals surface area contributed by atoms with Gasteiger partial charge in [0.15, 0.2) is 0 Å². The van der Waals surface area contributed by atoms with Gasteiger partial charge in [0, 0.05) is 42.3 Å². The van der Waals surface area contributed by atoms with E-state index in [0.717, 1.165) is 11.2 Å². The average molecular weight is 358 g/mol. The van der Waals surface area contributed by atoms with Crippen molar-refractivity contribution in [1.29, 1.82) is 0 Å². The van der Waals surface area contributed by atoms with E-state index in [1.807, 2.05) is 50.5 Å². The van der Waals surface area contributed by atoms with Crippen molar-refractivity contribution < 1.29 is 4.79 Å². The van der Waals surface area contributed by atoms with Gasteiger partial charge in [0.2, 0.25) is 0 Å². The minimum absolute atomic E-state index is 0.0586. The maximum atomic E-state index is 12.7. The highest BCUT2D eigenvalue weighted by atomic mass is 16.1. The molecule has 0 aliphatic carbocycles. The van der Waals surface area contributed by atoms with Crippen LogP contribution in [0.3, 0.4) is 0 Å². The van der Waals surface area contributed by atoms with Crippen LogP contribution in [0.25, 0.3) is 10.9 Å². The maximum Gasteiger partial charge on any atom is 0.254 e. The van der Waals surface area contributed by atoms with Crippen LogP contribution in [0.5, 0.6) is 0 Å². The van der Waals surface area contributed by atoms with Gasteiger partial charge in [0.1, 0.15) is 0 Å². The molecule has 0 fully saturated rings. The van der Waals surface area contributed by atoms with E-state index >= 15 is 0 Å². The number of amides is 1. The van der Waals surface area contributed by atoms with E-state index in [4.69, 9.17) is 0 Å². The fourth-order valence-electron chi connectivity index (χ4n) is 3.49. The van der Waals surface area contributed by atoms with Crippen molar-refractivity contribution in [2.24, 2.45) is 7.05 Å². The molecule has 2 heterocycles. The standard InChI is InChI=1S/C22H22N4O/c1-15-18(14-25-26(15)2)22(27)24-12-19(16-8-4-3-5-9-16)20-13-23-21-11-7-6-10-17(20)21/h3-11,13-14,19,23H,12H2,1-2H3,(H,24,27)/t19-/m0/s1. The first-order valence-corrected chi connectivity index (χ1v) is 9.03. The molecule has 0 radical (unpaired) electrons. The molecule has 4 rings (SSSR count). The van der Waals surface area contributed by atoms with E-state index < -0.39 is 0 Å². The molecule has 136 valence electrons. The molecule has 0 aliphatic heterocycles. The molecule has 0 saturated heterocycles. The summed E-state index contributed by atoms with van der Waals surface area (Å²) in [5.41, 5.74) is 4.92. The zero-order valence-electron chi connectivity index (χ0n) is 15.4. The third kappa shape index (κ3) is 3.24. The van der Waals surface area contributed by atoms with Gasteiger partial charge in [-0.15, -0.1) is 0 Å². The molecule has 5 nitrogen and oxygen atoms in total. The van der Waals surface area contributed by atoms with E-state index in [2.05, 4.69) is 39.7 Å². The van der Waals surface area contributed by atoms with Crippen LogP contribution < -0.4 is 5.32 Å². The van der Waals surface area contributed by atoms with E-state index in [-0.39, 0.29) is 11.8 Å². The van der Waals surface area contributed by atoms with Gasteiger partial charge in [-0.05, 0) is 24.1 Å². The zero-order chi connectivity index (χ0) is 18.8. The minimum atomic E-state index is -0.0960. The van der Waals surface area contributed by atoms with Crippen LogP contribution in [-0.4, -0.2) is 27.2 Å². The summed E-state index contributed by atoms with van der Waals surface area (Å²) in [5.74, 6) is -0.0374. The molecule has 4 aromatic rings. The van der Waals surface area contributed by atoms with Crippen molar-refractivity contribution in [1.82, 2.24) is 20.1 Å². The summed E-state index contributed by atoms with van der Waals surface area (Å²) < 4.78 is 1.71. The molecule has 27 heavy (non-hydrogen) atoms. The normalized spacial score (nSPS) is 12.2. The zero-order valence-corrected chi connectivity index (χ0v) is 15.4. The SMILES string of the molecule is Cc1c(C(=O)NC[C@@H](c2ccccc2)c2c[nH]c3ccccc23)cnn1C. The van der Waals surface area contributed by atoms with Gasteiger partial charge < -0.3 is 10.3 Å². The van der Waals surface area contributed by atoms with Gasteiger partial charge in [-0.2, -0.15) is 5.10 Å². The highest BCUT2D eigenvalue weighted by Gasteiger charge is 2.20. The molecule has 0 bridgehead atoms. The fourth-order valence-corrected chi connectivity index (χ4v) is 3.49. The fraction of sp³-hybridized carbons (Fsp3) is 0.182. The number of benzene rings is 2. The third-order valence-corrected chi connectivity index (χ3v) is 5.15. The van der Waals surface area contributed by atoms with Gasteiger partial charge in [0.05, 0.1) is 11.8 Å². The molecular formula is C22H22N4O. The van der Waals surface area contributed by atoms with Crippen LogP contribution in [-0.2, 0) is 7.05 Å². The molecule has 2 N–H and O–H groups in total. The predicted octanol–water partition coefficient (Wildman–Crippen LogP) is 3.77.